The van der Waals surface area contributed by atoms with Gasteiger partial charge in [-0.05, 0) is 80.5 Å². The molecule has 1 aromatic heterocycles. The highest BCUT2D eigenvalue weighted by Crippen LogP contribution is 2.30. The number of aliphatic hydroxyl groups excluding tert-OH is 1. The summed E-state index contributed by atoms with van der Waals surface area (Å²) in [6.45, 7) is 4.17. The predicted molar refractivity (Wildman–Crippen MR) is 137 cm³/mol. The molecule has 4 rings (SSSR count). The van der Waals surface area contributed by atoms with E-state index in [1.54, 1.807) is 0 Å². The van der Waals surface area contributed by atoms with E-state index in [2.05, 4.69) is 49.8 Å². The highest BCUT2D eigenvalue weighted by atomic mass is 16.6. The van der Waals surface area contributed by atoms with E-state index < -0.39 is 4.92 Å². The number of nitrogens with one attached hydrogen (secondary N) is 2. The van der Waals surface area contributed by atoms with Crippen molar-refractivity contribution >= 4 is 23.1 Å². The Balaban J connectivity index is 1.36. The minimum absolute atomic E-state index is 0.123. The van der Waals surface area contributed by atoms with E-state index >= 15 is 0 Å². The van der Waals surface area contributed by atoms with Gasteiger partial charge in [0.25, 0.3) is 0 Å². The topological polar surface area (TPSA) is 142 Å². The number of hydrogen-bond acceptors (Lipinski definition) is 9. The third-order valence-corrected chi connectivity index (χ3v) is 7.42. The summed E-state index contributed by atoms with van der Waals surface area (Å²) in [6, 6.07) is 8.40. The lowest BCUT2D eigenvalue weighted by atomic mass is 9.82. The van der Waals surface area contributed by atoms with Gasteiger partial charge in [0, 0.05) is 38.5 Å². The van der Waals surface area contributed by atoms with Crippen molar-refractivity contribution in [3.63, 3.8) is 0 Å². The van der Waals surface area contributed by atoms with Gasteiger partial charge >= 0.3 is 5.69 Å². The molecule has 0 bridgehead atoms. The first-order chi connectivity index (χ1) is 17.1. The van der Waals surface area contributed by atoms with Gasteiger partial charge in [-0.3, -0.25) is 10.1 Å². The van der Waals surface area contributed by atoms with Crippen molar-refractivity contribution in [2.24, 2.45) is 23.5 Å². The SMILES string of the molecule is NCC1CCN(c2cccc(CNc3ncc([N+](=O)[O-])c(NCC4CCC(CO)CC4)n3)c2)CC1. The molecule has 0 amide bonds. The van der Waals surface area contributed by atoms with E-state index in [4.69, 9.17) is 5.73 Å². The summed E-state index contributed by atoms with van der Waals surface area (Å²) in [4.78, 5) is 22.0. The minimum Gasteiger partial charge on any atom is -0.396 e. The number of piperidine rings is 1. The number of benzene rings is 1. The molecule has 10 heteroatoms. The van der Waals surface area contributed by atoms with E-state index in [1.165, 1.54) is 11.9 Å². The van der Waals surface area contributed by atoms with Crippen molar-refractivity contribution < 1.29 is 10.0 Å². The molecule has 2 heterocycles. The van der Waals surface area contributed by atoms with Gasteiger partial charge in [-0.25, -0.2) is 4.98 Å². The summed E-state index contributed by atoms with van der Waals surface area (Å²) in [5, 5.41) is 27.2. The Hall–Kier alpha value is -2.98. The van der Waals surface area contributed by atoms with Crippen LogP contribution in [-0.2, 0) is 6.54 Å². The fourth-order valence-corrected chi connectivity index (χ4v) is 5.05. The van der Waals surface area contributed by atoms with Crippen molar-refractivity contribution in [3.8, 4) is 0 Å². The lowest BCUT2D eigenvalue weighted by Gasteiger charge is -2.33. The largest absolute Gasteiger partial charge is 0.396 e. The summed E-state index contributed by atoms with van der Waals surface area (Å²) >= 11 is 0. The van der Waals surface area contributed by atoms with Crippen LogP contribution in [0.25, 0.3) is 0 Å². The van der Waals surface area contributed by atoms with Gasteiger partial charge in [0.1, 0.15) is 6.20 Å². The van der Waals surface area contributed by atoms with Crippen molar-refractivity contribution in [3.05, 3.63) is 46.1 Å². The molecule has 5 N–H and O–H groups in total. The number of nitrogens with two attached hydrogens (primary N) is 1. The van der Waals surface area contributed by atoms with E-state index in [9.17, 15) is 15.2 Å². The Morgan fingerprint density at radius 1 is 1.09 bits per heavy atom. The monoisotopic (exact) mass is 483 g/mol. The number of aliphatic hydroxyl groups is 1. The summed E-state index contributed by atoms with van der Waals surface area (Å²) in [7, 11) is 0. The summed E-state index contributed by atoms with van der Waals surface area (Å²) in [5.41, 5.74) is 7.99. The molecule has 0 atom stereocenters. The standard InChI is InChI=1S/C25H37N7O3/c26-13-18-8-10-31(11-9-18)22-3-1-2-21(12-22)15-28-25-29-16-23(32(34)35)24(30-25)27-14-19-4-6-20(17-33)7-5-19/h1-3,12,16,18-20,33H,4-11,13-15,17,26H2,(H2,27,28,29,30). The summed E-state index contributed by atoms with van der Waals surface area (Å²) < 4.78 is 0. The van der Waals surface area contributed by atoms with E-state index in [0.717, 1.165) is 63.7 Å². The third-order valence-electron chi connectivity index (χ3n) is 7.42. The zero-order valence-corrected chi connectivity index (χ0v) is 20.2. The van der Waals surface area contributed by atoms with Gasteiger partial charge < -0.3 is 26.4 Å². The smallest absolute Gasteiger partial charge is 0.329 e. The van der Waals surface area contributed by atoms with Crippen molar-refractivity contribution in [1.29, 1.82) is 0 Å². The second-order valence-corrected chi connectivity index (χ2v) is 9.82. The molecule has 2 aliphatic rings. The van der Waals surface area contributed by atoms with E-state index in [1.807, 2.05) is 0 Å². The second kappa shape index (κ2) is 12.1. The van der Waals surface area contributed by atoms with Crippen LogP contribution >= 0.6 is 0 Å². The van der Waals surface area contributed by atoms with Gasteiger partial charge in [0.15, 0.2) is 0 Å². The zero-order chi connectivity index (χ0) is 24.6. The third kappa shape index (κ3) is 6.79. The molecule has 190 valence electrons. The number of aromatic nitrogens is 2. The average Bonchev–Trinajstić information content (AvgIpc) is 2.91. The fraction of sp³-hybridized carbons (Fsp3) is 0.600. The average molecular weight is 484 g/mol. The molecule has 0 unspecified atom stereocenters. The summed E-state index contributed by atoms with van der Waals surface area (Å²) in [6.07, 6.45) is 7.49. The van der Waals surface area contributed by atoms with E-state index in [-0.39, 0.29) is 18.1 Å². The molecule has 2 aromatic rings. The van der Waals surface area contributed by atoms with E-state index in [0.29, 0.717) is 36.8 Å². The molecular weight excluding hydrogens is 446 g/mol. The van der Waals surface area contributed by atoms with Crippen LogP contribution in [0, 0.1) is 27.9 Å². The Labute approximate surface area is 206 Å². The van der Waals surface area contributed by atoms with Gasteiger partial charge in [-0.2, -0.15) is 4.98 Å². The number of anilines is 3. The van der Waals surface area contributed by atoms with Crippen LogP contribution in [0.15, 0.2) is 30.5 Å². The number of nitrogens with zero attached hydrogens (tertiary/aromatic N) is 4. The first-order valence-corrected chi connectivity index (χ1v) is 12.7. The lowest BCUT2D eigenvalue weighted by molar-refractivity contribution is -0.384. The molecule has 35 heavy (non-hydrogen) atoms. The lowest BCUT2D eigenvalue weighted by Crippen LogP contribution is -2.36. The Morgan fingerprint density at radius 3 is 2.51 bits per heavy atom. The molecule has 1 aliphatic carbocycles. The van der Waals surface area contributed by atoms with Crippen LogP contribution in [-0.4, -0.2) is 52.8 Å². The molecule has 10 nitrogen and oxygen atoms in total. The van der Waals surface area contributed by atoms with Gasteiger partial charge in [0.05, 0.1) is 4.92 Å². The second-order valence-electron chi connectivity index (χ2n) is 9.82. The highest BCUT2D eigenvalue weighted by Gasteiger charge is 2.23. The molecular formula is C25H37N7O3. The van der Waals surface area contributed by atoms with Gasteiger partial charge in [0.2, 0.25) is 11.8 Å². The maximum absolute atomic E-state index is 11.5. The van der Waals surface area contributed by atoms with Crippen LogP contribution in [0.1, 0.15) is 44.1 Å². The molecule has 1 saturated heterocycles. The first-order valence-electron chi connectivity index (χ1n) is 12.7. The normalized spacial score (nSPS) is 21.0. The Kier molecular flexibility index (Phi) is 8.70. The maximum atomic E-state index is 11.5. The molecule has 1 aromatic carbocycles. The van der Waals surface area contributed by atoms with Crippen molar-refractivity contribution in [2.45, 2.75) is 45.1 Å². The van der Waals surface area contributed by atoms with Crippen LogP contribution < -0.4 is 21.3 Å². The number of nitro groups is 1. The Bertz CT molecular complexity index is 973. The molecule has 0 spiro atoms. The van der Waals surface area contributed by atoms with Gasteiger partial charge in [-0.1, -0.05) is 12.1 Å². The predicted octanol–water partition coefficient (Wildman–Crippen LogP) is 3.38. The van der Waals surface area contributed by atoms with Crippen LogP contribution in [0.3, 0.4) is 0 Å². The van der Waals surface area contributed by atoms with Crippen LogP contribution in [0.2, 0.25) is 0 Å². The molecule has 0 radical (unpaired) electrons. The molecule has 2 fully saturated rings. The van der Waals surface area contributed by atoms with Crippen LogP contribution in [0.4, 0.5) is 23.1 Å². The quantitative estimate of drug-likeness (QED) is 0.295. The molecule has 1 saturated carbocycles. The zero-order valence-electron chi connectivity index (χ0n) is 20.2. The highest BCUT2D eigenvalue weighted by molar-refractivity contribution is 5.57. The van der Waals surface area contributed by atoms with Gasteiger partial charge in [-0.15, -0.1) is 0 Å². The fourth-order valence-electron chi connectivity index (χ4n) is 5.05. The number of hydrogen-bond donors (Lipinski definition) is 4. The van der Waals surface area contributed by atoms with Crippen LogP contribution in [0.5, 0.6) is 0 Å². The van der Waals surface area contributed by atoms with Crippen molar-refractivity contribution in [1.82, 2.24) is 9.97 Å². The maximum Gasteiger partial charge on any atom is 0.329 e. The van der Waals surface area contributed by atoms with Crippen molar-refractivity contribution in [2.75, 3.05) is 48.3 Å². The minimum atomic E-state index is -0.452. The molecule has 1 aliphatic heterocycles. The number of rotatable bonds is 10. The first kappa shape index (κ1) is 25.1. The Morgan fingerprint density at radius 2 is 1.83 bits per heavy atom. The summed E-state index contributed by atoms with van der Waals surface area (Å²) in [5.74, 6) is 2.02.